The smallest absolute Gasteiger partial charge is 0.275 e. The maximum Gasteiger partial charge on any atom is 0.275 e. The monoisotopic (exact) mass is 348 g/mol. The van der Waals surface area contributed by atoms with Gasteiger partial charge in [-0.15, -0.1) is 0 Å². The molecule has 1 saturated heterocycles. The van der Waals surface area contributed by atoms with E-state index < -0.39 is 0 Å². The highest BCUT2D eigenvalue weighted by Crippen LogP contribution is 2.28. The van der Waals surface area contributed by atoms with Gasteiger partial charge in [-0.2, -0.15) is 0 Å². The minimum atomic E-state index is -0.350. The zero-order chi connectivity index (χ0) is 17.6. The fraction of sp³-hybridized carbons (Fsp3) is 0.579. The molecule has 136 valence electrons. The van der Waals surface area contributed by atoms with E-state index in [2.05, 4.69) is 10.6 Å². The number of anilines is 1. The van der Waals surface area contributed by atoms with Crippen molar-refractivity contribution in [1.82, 2.24) is 5.32 Å². The number of likely N-dealkylation sites (tertiary alicyclic amines) is 1. The molecule has 1 aromatic carbocycles. The second kappa shape index (κ2) is 8.43. The third-order valence-electron chi connectivity index (χ3n) is 5.47. The molecule has 1 aliphatic carbocycles. The molecule has 0 spiro atoms. The van der Waals surface area contributed by atoms with Crippen LogP contribution >= 0.6 is 0 Å². The second-order valence-electron chi connectivity index (χ2n) is 7.21. The lowest BCUT2D eigenvalue weighted by atomic mass is 9.78. The Bertz CT molecular complexity index is 603. The Morgan fingerprint density at radius 1 is 1.04 bits per heavy atom. The van der Waals surface area contributed by atoms with Crippen LogP contribution in [-0.4, -0.2) is 37.5 Å². The van der Waals surface area contributed by atoms with Crippen LogP contribution in [0.4, 0.5) is 10.1 Å². The lowest BCUT2D eigenvalue weighted by Gasteiger charge is -2.40. The fourth-order valence-corrected chi connectivity index (χ4v) is 4.27. The number of hydrogen-bond acceptors (Lipinski definition) is 2. The molecule has 2 fully saturated rings. The van der Waals surface area contributed by atoms with Gasteiger partial charge in [0.05, 0.1) is 19.1 Å². The molecule has 0 bridgehead atoms. The van der Waals surface area contributed by atoms with Crippen molar-refractivity contribution in [1.29, 1.82) is 0 Å². The van der Waals surface area contributed by atoms with E-state index in [9.17, 15) is 14.0 Å². The summed E-state index contributed by atoms with van der Waals surface area (Å²) in [6.07, 6.45) is 7.61. The fourth-order valence-electron chi connectivity index (χ4n) is 4.27. The zero-order valence-electron chi connectivity index (χ0n) is 14.5. The number of amides is 2. The van der Waals surface area contributed by atoms with E-state index in [1.807, 2.05) is 0 Å². The number of piperidine rings is 1. The van der Waals surface area contributed by atoms with Crippen LogP contribution in [0.5, 0.6) is 0 Å². The van der Waals surface area contributed by atoms with E-state index >= 15 is 0 Å². The topological polar surface area (TPSA) is 62.6 Å². The molecule has 3 atom stereocenters. The number of fused-ring (bicyclic) bond motifs is 1. The minimum absolute atomic E-state index is 0.0580. The average Bonchev–Trinajstić information content (AvgIpc) is 2.62. The van der Waals surface area contributed by atoms with E-state index in [4.69, 9.17) is 0 Å². The molecule has 2 amide bonds. The number of benzene rings is 1. The normalized spacial score (nSPS) is 25.7. The van der Waals surface area contributed by atoms with Crippen LogP contribution in [-0.2, 0) is 9.59 Å². The molecule has 1 unspecified atom stereocenters. The zero-order valence-corrected chi connectivity index (χ0v) is 14.5. The summed E-state index contributed by atoms with van der Waals surface area (Å²) in [4.78, 5) is 25.5. The molecule has 6 heteroatoms. The van der Waals surface area contributed by atoms with E-state index in [0.717, 1.165) is 12.5 Å². The average molecular weight is 348 g/mol. The third-order valence-corrected chi connectivity index (χ3v) is 5.47. The first-order valence-electron chi connectivity index (χ1n) is 9.28. The molecule has 0 aromatic heterocycles. The standard InChI is InChI=1S/C19H26FN3O2/c20-15-7-9-16(10-8-15)22-18(24)12-21-19(25)13-23-11-3-5-14-4-1-2-6-17(14)23/h7-10,14,17H,1-6,11-13H2,(H,21,25)(H,22,24)/p+1/t14-,17-/m0/s1. The molecule has 5 nitrogen and oxygen atoms in total. The summed E-state index contributed by atoms with van der Waals surface area (Å²) in [6.45, 7) is 1.44. The van der Waals surface area contributed by atoms with Crippen LogP contribution in [0.25, 0.3) is 0 Å². The first-order valence-corrected chi connectivity index (χ1v) is 9.28. The predicted octanol–water partition coefficient (Wildman–Crippen LogP) is 1.12. The minimum Gasteiger partial charge on any atom is -0.342 e. The van der Waals surface area contributed by atoms with Gasteiger partial charge in [0.2, 0.25) is 5.91 Å². The number of hydrogen-bond donors (Lipinski definition) is 3. The highest BCUT2D eigenvalue weighted by molar-refractivity contribution is 5.94. The van der Waals surface area contributed by atoms with Crippen LogP contribution in [0.3, 0.4) is 0 Å². The van der Waals surface area contributed by atoms with Crippen molar-refractivity contribution in [3.8, 4) is 0 Å². The van der Waals surface area contributed by atoms with Crippen LogP contribution in [0.1, 0.15) is 38.5 Å². The van der Waals surface area contributed by atoms with Crippen molar-refractivity contribution in [2.75, 3.05) is 25.0 Å². The molecule has 1 saturated carbocycles. The quantitative estimate of drug-likeness (QED) is 0.747. The summed E-state index contributed by atoms with van der Waals surface area (Å²) < 4.78 is 12.8. The van der Waals surface area contributed by atoms with Crippen molar-refractivity contribution in [2.24, 2.45) is 5.92 Å². The Kier molecular flexibility index (Phi) is 6.02. The van der Waals surface area contributed by atoms with E-state index in [1.54, 1.807) is 0 Å². The van der Waals surface area contributed by atoms with Crippen molar-refractivity contribution < 1.29 is 18.9 Å². The molecular formula is C19H27FN3O2+. The van der Waals surface area contributed by atoms with Gasteiger partial charge >= 0.3 is 0 Å². The Hall–Kier alpha value is -1.95. The molecule has 1 heterocycles. The highest BCUT2D eigenvalue weighted by atomic mass is 19.1. The number of quaternary nitrogens is 1. The van der Waals surface area contributed by atoms with Gasteiger partial charge in [-0.05, 0) is 56.4 Å². The van der Waals surface area contributed by atoms with Gasteiger partial charge in [-0.1, -0.05) is 6.42 Å². The number of carbonyl (C=O) groups is 2. The van der Waals surface area contributed by atoms with Crippen LogP contribution < -0.4 is 15.5 Å². The molecule has 1 aliphatic heterocycles. The van der Waals surface area contributed by atoms with Crippen LogP contribution in [0.2, 0.25) is 0 Å². The van der Waals surface area contributed by atoms with Crippen LogP contribution in [0, 0.1) is 11.7 Å². The van der Waals surface area contributed by atoms with Gasteiger partial charge < -0.3 is 15.5 Å². The lowest BCUT2D eigenvalue weighted by Crippen LogP contribution is -3.18. The molecule has 1 aromatic rings. The summed E-state index contributed by atoms with van der Waals surface area (Å²) in [5, 5.41) is 5.36. The molecule has 2 aliphatic rings. The Morgan fingerprint density at radius 2 is 1.76 bits per heavy atom. The Morgan fingerprint density at radius 3 is 2.56 bits per heavy atom. The predicted molar refractivity (Wildman–Crippen MR) is 93.7 cm³/mol. The SMILES string of the molecule is O=C(C[NH+]1CCC[C@@H]2CCCC[C@@H]21)NCC(=O)Nc1ccc(F)cc1. The third kappa shape index (κ3) is 5.01. The van der Waals surface area contributed by atoms with Crippen molar-refractivity contribution in [3.63, 3.8) is 0 Å². The number of halogens is 1. The van der Waals surface area contributed by atoms with E-state index in [-0.39, 0.29) is 24.2 Å². The number of nitrogens with one attached hydrogen (secondary N) is 3. The summed E-state index contributed by atoms with van der Waals surface area (Å²) in [6, 6.07) is 6.18. The van der Waals surface area contributed by atoms with E-state index in [0.29, 0.717) is 18.3 Å². The lowest BCUT2D eigenvalue weighted by molar-refractivity contribution is -0.928. The van der Waals surface area contributed by atoms with Crippen molar-refractivity contribution in [2.45, 2.75) is 44.6 Å². The summed E-state index contributed by atoms with van der Waals surface area (Å²) in [5.41, 5.74) is 0.521. The molecular weight excluding hydrogens is 321 g/mol. The van der Waals surface area contributed by atoms with Gasteiger partial charge in [0, 0.05) is 11.6 Å². The Labute approximate surface area is 148 Å². The van der Waals surface area contributed by atoms with Gasteiger partial charge in [-0.3, -0.25) is 9.59 Å². The van der Waals surface area contributed by atoms with Gasteiger partial charge in [0.1, 0.15) is 5.82 Å². The molecule has 25 heavy (non-hydrogen) atoms. The largest absolute Gasteiger partial charge is 0.342 e. The number of carbonyl (C=O) groups excluding carboxylic acids is 2. The Balaban J connectivity index is 1.42. The van der Waals surface area contributed by atoms with Gasteiger partial charge in [-0.25, -0.2) is 4.39 Å². The van der Waals surface area contributed by atoms with Gasteiger partial charge in [0.25, 0.3) is 5.91 Å². The maximum atomic E-state index is 12.8. The van der Waals surface area contributed by atoms with Crippen LogP contribution in [0.15, 0.2) is 24.3 Å². The molecule has 3 rings (SSSR count). The van der Waals surface area contributed by atoms with Crippen molar-refractivity contribution in [3.05, 3.63) is 30.1 Å². The first kappa shape index (κ1) is 17.9. The summed E-state index contributed by atoms with van der Waals surface area (Å²) in [5.74, 6) is 0.0449. The summed E-state index contributed by atoms with van der Waals surface area (Å²) >= 11 is 0. The van der Waals surface area contributed by atoms with E-state index in [1.165, 1.54) is 67.7 Å². The second-order valence-corrected chi connectivity index (χ2v) is 7.21. The van der Waals surface area contributed by atoms with Gasteiger partial charge in [0.15, 0.2) is 6.54 Å². The number of rotatable bonds is 5. The maximum absolute atomic E-state index is 12.8. The summed E-state index contributed by atoms with van der Waals surface area (Å²) in [7, 11) is 0. The molecule has 3 N–H and O–H groups in total. The molecule has 0 radical (unpaired) electrons. The highest BCUT2D eigenvalue weighted by Gasteiger charge is 2.37. The first-order chi connectivity index (χ1) is 12.1. The van der Waals surface area contributed by atoms with Crippen molar-refractivity contribution >= 4 is 17.5 Å².